The van der Waals surface area contributed by atoms with Crippen LogP contribution in [0.25, 0.3) is 0 Å². The van der Waals surface area contributed by atoms with Gasteiger partial charge < -0.3 is 20.7 Å². The summed E-state index contributed by atoms with van der Waals surface area (Å²) in [5.74, 6) is -0.0777. The summed E-state index contributed by atoms with van der Waals surface area (Å²) in [7, 11) is 0. The maximum atomic E-state index is 12.4. The first-order chi connectivity index (χ1) is 11.6. The number of hydrogen-bond acceptors (Lipinski definition) is 4. The fourth-order valence-electron chi connectivity index (χ4n) is 3.32. The third-order valence-electron chi connectivity index (χ3n) is 4.79. The molecule has 25 heavy (non-hydrogen) atoms. The third-order valence-corrected chi connectivity index (χ3v) is 4.79. The van der Waals surface area contributed by atoms with Crippen LogP contribution in [-0.4, -0.2) is 48.6 Å². The van der Waals surface area contributed by atoms with Crippen LogP contribution in [-0.2, 0) is 9.53 Å². The van der Waals surface area contributed by atoms with E-state index in [-0.39, 0.29) is 30.3 Å². The molecule has 2 saturated heterocycles. The molecule has 0 spiro atoms. The highest BCUT2D eigenvalue weighted by Gasteiger charge is 2.30. The van der Waals surface area contributed by atoms with Crippen molar-refractivity contribution in [3.05, 3.63) is 29.3 Å². The molecular formula is C18H26ClN3O3. The van der Waals surface area contributed by atoms with Crippen LogP contribution >= 0.6 is 12.4 Å². The predicted molar refractivity (Wildman–Crippen MR) is 99.1 cm³/mol. The lowest BCUT2D eigenvalue weighted by atomic mass is 10.1. The summed E-state index contributed by atoms with van der Waals surface area (Å²) in [6.07, 6.45) is 3.19. The van der Waals surface area contributed by atoms with Gasteiger partial charge in [0.05, 0.1) is 6.10 Å². The first-order valence-electron chi connectivity index (χ1n) is 8.65. The lowest BCUT2D eigenvalue weighted by Crippen LogP contribution is -2.30. The van der Waals surface area contributed by atoms with Crippen molar-refractivity contribution in [2.75, 3.05) is 25.0 Å². The van der Waals surface area contributed by atoms with Crippen LogP contribution in [0.2, 0.25) is 0 Å². The fraction of sp³-hybridized carbons (Fsp3) is 0.556. The summed E-state index contributed by atoms with van der Waals surface area (Å²) < 4.78 is 5.62. The molecule has 2 heterocycles. The number of carbonyl (C=O) groups excluding carboxylic acids is 2. The number of likely N-dealkylation sites (tertiary alicyclic amines) is 1. The number of amides is 2. The Morgan fingerprint density at radius 3 is 2.60 bits per heavy atom. The Morgan fingerprint density at radius 1 is 1.28 bits per heavy atom. The molecule has 0 bridgehead atoms. The number of carbonyl (C=O) groups is 2. The van der Waals surface area contributed by atoms with Crippen molar-refractivity contribution < 1.29 is 14.3 Å². The molecule has 2 amide bonds. The minimum Gasteiger partial charge on any atom is -0.364 e. The number of nitrogens with one attached hydrogen (secondary N) is 1. The van der Waals surface area contributed by atoms with Crippen LogP contribution in [0.5, 0.6) is 0 Å². The van der Waals surface area contributed by atoms with Gasteiger partial charge >= 0.3 is 0 Å². The van der Waals surface area contributed by atoms with Crippen LogP contribution in [0, 0.1) is 6.92 Å². The summed E-state index contributed by atoms with van der Waals surface area (Å²) >= 11 is 0. The number of hydrogen-bond donors (Lipinski definition) is 2. The molecule has 0 aromatic heterocycles. The highest BCUT2D eigenvalue weighted by Crippen LogP contribution is 2.23. The topological polar surface area (TPSA) is 84.7 Å². The smallest absolute Gasteiger partial charge is 0.253 e. The quantitative estimate of drug-likeness (QED) is 0.853. The lowest BCUT2D eigenvalue weighted by molar-refractivity contribution is -0.126. The van der Waals surface area contributed by atoms with Crippen molar-refractivity contribution >= 4 is 29.9 Å². The SMILES string of the molecule is Cc1cc(C(=O)N2CCCC2)ccc1NC(=O)[C@@H]1CC[C@H](CN)O1.Cl. The normalized spacial score (nSPS) is 22.6. The molecule has 138 valence electrons. The summed E-state index contributed by atoms with van der Waals surface area (Å²) in [6.45, 7) is 4.00. The average Bonchev–Trinajstić information content (AvgIpc) is 3.27. The Kier molecular flexibility index (Phi) is 6.81. The first kappa shape index (κ1) is 19.7. The van der Waals surface area contributed by atoms with Gasteiger partial charge in [-0.05, 0) is 56.4 Å². The second-order valence-corrected chi connectivity index (χ2v) is 6.58. The van der Waals surface area contributed by atoms with E-state index in [9.17, 15) is 9.59 Å². The van der Waals surface area contributed by atoms with Crippen LogP contribution in [0.15, 0.2) is 18.2 Å². The number of aryl methyl sites for hydroxylation is 1. The van der Waals surface area contributed by atoms with E-state index >= 15 is 0 Å². The number of anilines is 1. The van der Waals surface area contributed by atoms with Crippen molar-refractivity contribution in [1.29, 1.82) is 0 Å². The van der Waals surface area contributed by atoms with Gasteiger partial charge in [0.2, 0.25) is 0 Å². The first-order valence-corrected chi connectivity index (χ1v) is 8.65. The Balaban J connectivity index is 0.00000225. The minimum atomic E-state index is -0.441. The largest absolute Gasteiger partial charge is 0.364 e. The zero-order valence-corrected chi connectivity index (χ0v) is 15.3. The Morgan fingerprint density at radius 2 is 2.00 bits per heavy atom. The van der Waals surface area contributed by atoms with Gasteiger partial charge in [0, 0.05) is 30.9 Å². The van der Waals surface area contributed by atoms with Crippen molar-refractivity contribution in [2.45, 2.75) is 44.8 Å². The van der Waals surface area contributed by atoms with Crippen molar-refractivity contribution in [2.24, 2.45) is 5.73 Å². The van der Waals surface area contributed by atoms with Gasteiger partial charge in [-0.1, -0.05) is 0 Å². The minimum absolute atomic E-state index is 0. The van der Waals surface area contributed by atoms with E-state index in [2.05, 4.69) is 5.32 Å². The maximum Gasteiger partial charge on any atom is 0.253 e. The monoisotopic (exact) mass is 367 g/mol. The van der Waals surface area contributed by atoms with Gasteiger partial charge in [0.15, 0.2) is 0 Å². The molecule has 2 atom stereocenters. The fourth-order valence-corrected chi connectivity index (χ4v) is 3.32. The molecular weight excluding hydrogens is 342 g/mol. The average molecular weight is 368 g/mol. The number of halogens is 1. The Hall–Kier alpha value is -1.63. The second-order valence-electron chi connectivity index (χ2n) is 6.58. The van der Waals surface area contributed by atoms with Crippen LogP contribution in [0.3, 0.4) is 0 Å². The van der Waals surface area contributed by atoms with E-state index in [4.69, 9.17) is 10.5 Å². The summed E-state index contributed by atoms with van der Waals surface area (Å²) in [6, 6.07) is 5.42. The summed E-state index contributed by atoms with van der Waals surface area (Å²) in [5.41, 5.74) is 7.85. The maximum absolute atomic E-state index is 12.4. The van der Waals surface area contributed by atoms with Gasteiger partial charge in [-0.2, -0.15) is 0 Å². The van der Waals surface area contributed by atoms with Crippen LogP contribution in [0.4, 0.5) is 5.69 Å². The summed E-state index contributed by atoms with van der Waals surface area (Å²) in [4.78, 5) is 26.6. The molecule has 6 nitrogen and oxygen atoms in total. The van der Waals surface area contributed by atoms with E-state index < -0.39 is 6.10 Å². The van der Waals surface area contributed by atoms with E-state index in [0.29, 0.717) is 18.5 Å². The molecule has 0 radical (unpaired) electrons. The van der Waals surface area contributed by atoms with E-state index in [0.717, 1.165) is 43.6 Å². The molecule has 2 aliphatic rings. The van der Waals surface area contributed by atoms with Gasteiger partial charge in [-0.15, -0.1) is 12.4 Å². The van der Waals surface area contributed by atoms with Gasteiger partial charge in [-0.25, -0.2) is 0 Å². The molecule has 7 heteroatoms. The highest BCUT2D eigenvalue weighted by atomic mass is 35.5. The number of ether oxygens (including phenoxy) is 1. The van der Waals surface area contributed by atoms with Gasteiger partial charge in [0.1, 0.15) is 6.10 Å². The van der Waals surface area contributed by atoms with Gasteiger partial charge in [0.25, 0.3) is 11.8 Å². The standard InChI is InChI=1S/C18H25N3O3.ClH/c1-12-10-13(18(23)21-8-2-3-9-21)4-6-15(12)20-17(22)16-7-5-14(11-19)24-16;/h4,6,10,14,16H,2-3,5,7-9,11,19H2,1H3,(H,20,22);1H/t14-,16+;/m1./s1. The molecule has 1 aromatic carbocycles. The molecule has 2 aliphatic heterocycles. The van der Waals surface area contributed by atoms with Crippen molar-refractivity contribution in [3.63, 3.8) is 0 Å². The number of benzene rings is 1. The van der Waals surface area contributed by atoms with Gasteiger partial charge in [-0.3, -0.25) is 9.59 Å². The van der Waals surface area contributed by atoms with Crippen LogP contribution in [0.1, 0.15) is 41.6 Å². The molecule has 3 rings (SSSR count). The lowest BCUT2D eigenvalue weighted by Gasteiger charge is -2.17. The van der Waals surface area contributed by atoms with Crippen LogP contribution < -0.4 is 11.1 Å². The van der Waals surface area contributed by atoms with Crippen molar-refractivity contribution in [3.8, 4) is 0 Å². The number of rotatable bonds is 4. The zero-order valence-electron chi connectivity index (χ0n) is 14.5. The number of nitrogens with two attached hydrogens (primary N) is 1. The Bertz CT molecular complexity index is 632. The second kappa shape index (κ2) is 8.65. The molecule has 0 aliphatic carbocycles. The third kappa shape index (κ3) is 4.51. The molecule has 1 aromatic rings. The molecule has 3 N–H and O–H groups in total. The van der Waals surface area contributed by atoms with Crippen molar-refractivity contribution in [1.82, 2.24) is 4.90 Å². The van der Waals surface area contributed by atoms with E-state index in [1.807, 2.05) is 17.9 Å². The number of nitrogens with zero attached hydrogens (tertiary/aromatic N) is 1. The van der Waals surface area contributed by atoms with E-state index in [1.54, 1.807) is 12.1 Å². The molecule has 0 saturated carbocycles. The Labute approximate surface area is 154 Å². The molecule has 0 unspecified atom stereocenters. The van der Waals surface area contributed by atoms with E-state index in [1.165, 1.54) is 0 Å². The highest BCUT2D eigenvalue weighted by molar-refractivity contribution is 5.97. The summed E-state index contributed by atoms with van der Waals surface area (Å²) in [5, 5.41) is 2.90. The zero-order chi connectivity index (χ0) is 17.1. The predicted octanol–water partition coefficient (Wildman–Crippen LogP) is 2.10. The molecule has 2 fully saturated rings.